The Balaban J connectivity index is 1.55. The van der Waals surface area contributed by atoms with E-state index in [0.717, 1.165) is 13.1 Å². The first-order valence-electron chi connectivity index (χ1n) is 8.99. The quantitative estimate of drug-likeness (QED) is 0.482. The zero-order chi connectivity index (χ0) is 20.6. The molecule has 9 heteroatoms. The summed E-state index contributed by atoms with van der Waals surface area (Å²) in [5.74, 6) is -0.0636. The lowest BCUT2D eigenvalue weighted by atomic mass is 10.2. The normalized spacial score (nSPS) is 14.9. The number of hydrogen-bond donors (Lipinski definition) is 1. The van der Waals surface area contributed by atoms with Gasteiger partial charge in [0, 0.05) is 13.1 Å². The smallest absolute Gasteiger partial charge is 0.254 e. The molecule has 0 aliphatic carbocycles. The summed E-state index contributed by atoms with van der Waals surface area (Å²) in [6, 6.07) is 9.61. The number of nitrogens with one attached hydrogen (secondary N) is 1. The third-order valence-corrected chi connectivity index (χ3v) is 5.04. The van der Waals surface area contributed by atoms with Crippen LogP contribution in [0.4, 0.5) is 4.39 Å². The zero-order valence-corrected chi connectivity index (χ0v) is 17.9. The van der Waals surface area contributed by atoms with Gasteiger partial charge in [-0.3, -0.25) is 9.69 Å². The second-order valence-electron chi connectivity index (χ2n) is 6.41. The van der Waals surface area contributed by atoms with Gasteiger partial charge in [0.05, 0.1) is 35.5 Å². The van der Waals surface area contributed by atoms with E-state index < -0.39 is 0 Å². The molecule has 1 saturated heterocycles. The Morgan fingerprint density at radius 1 is 1.34 bits per heavy atom. The minimum Gasteiger partial charge on any atom is -0.486 e. The molecule has 1 aliphatic heterocycles. The highest BCUT2D eigenvalue weighted by Crippen LogP contribution is 2.34. The van der Waals surface area contributed by atoms with Crippen molar-refractivity contribution < 1.29 is 18.7 Å². The molecule has 2 aromatic rings. The molecule has 0 radical (unpaired) electrons. The van der Waals surface area contributed by atoms with Crippen LogP contribution in [0, 0.1) is 5.82 Å². The van der Waals surface area contributed by atoms with E-state index in [-0.39, 0.29) is 24.9 Å². The first-order chi connectivity index (χ1) is 14.0. The van der Waals surface area contributed by atoms with Crippen molar-refractivity contribution in [2.45, 2.75) is 6.61 Å². The van der Waals surface area contributed by atoms with Crippen LogP contribution in [-0.2, 0) is 16.1 Å². The van der Waals surface area contributed by atoms with Crippen LogP contribution in [-0.4, -0.2) is 49.9 Å². The van der Waals surface area contributed by atoms with E-state index in [1.54, 1.807) is 24.3 Å². The molecule has 2 aromatic carbocycles. The molecule has 1 amide bonds. The van der Waals surface area contributed by atoms with Gasteiger partial charge in [-0.1, -0.05) is 23.7 Å². The van der Waals surface area contributed by atoms with E-state index in [9.17, 15) is 9.18 Å². The Morgan fingerprint density at radius 3 is 2.86 bits per heavy atom. The van der Waals surface area contributed by atoms with Crippen LogP contribution in [0.25, 0.3) is 0 Å². The number of hydrogen-bond acceptors (Lipinski definition) is 5. The first-order valence-corrected chi connectivity index (χ1v) is 10.2. The molecule has 1 fully saturated rings. The molecule has 0 spiro atoms. The van der Waals surface area contributed by atoms with Crippen molar-refractivity contribution in [2.24, 2.45) is 5.10 Å². The van der Waals surface area contributed by atoms with Crippen molar-refractivity contribution >= 4 is 39.7 Å². The molecule has 29 heavy (non-hydrogen) atoms. The van der Waals surface area contributed by atoms with Crippen LogP contribution in [0.2, 0.25) is 5.02 Å². The Hall–Kier alpha value is -2.00. The van der Waals surface area contributed by atoms with Crippen LogP contribution < -0.4 is 10.2 Å². The predicted octanol–water partition coefficient (Wildman–Crippen LogP) is 3.60. The van der Waals surface area contributed by atoms with Crippen LogP contribution in [0.15, 0.2) is 46.0 Å². The molecule has 0 atom stereocenters. The van der Waals surface area contributed by atoms with E-state index in [1.807, 2.05) is 4.90 Å². The van der Waals surface area contributed by atoms with Gasteiger partial charge in [-0.05, 0) is 51.3 Å². The van der Waals surface area contributed by atoms with E-state index in [1.165, 1.54) is 18.3 Å². The number of ether oxygens (including phenoxy) is 2. The second kappa shape index (κ2) is 10.7. The minimum atomic E-state index is -0.321. The molecule has 0 saturated carbocycles. The molecule has 0 bridgehead atoms. The third kappa shape index (κ3) is 6.78. The van der Waals surface area contributed by atoms with Crippen molar-refractivity contribution in [1.82, 2.24) is 10.3 Å². The minimum absolute atomic E-state index is 0.182. The topological polar surface area (TPSA) is 63.2 Å². The fourth-order valence-electron chi connectivity index (χ4n) is 2.75. The predicted molar refractivity (Wildman–Crippen MR) is 113 cm³/mol. The van der Waals surface area contributed by atoms with Crippen molar-refractivity contribution in [2.75, 3.05) is 32.8 Å². The highest BCUT2D eigenvalue weighted by molar-refractivity contribution is 9.10. The largest absolute Gasteiger partial charge is 0.486 e. The fraction of sp³-hybridized carbons (Fsp3) is 0.300. The number of rotatable bonds is 7. The maximum Gasteiger partial charge on any atom is 0.254 e. The number of benzene rings is 2. The molecule has 154 valence electrons. The van der Waals surface area contributed by atoms with Gasteiger partial charge in [0.15, 0.2) is 5.75 Å². The van der Waals surface area contributed by atoms with E-state index in [4.69, 9.17) is 21.1 Å². The molecule has 1 aliphatic rings. The standard InChI is InChI=1S/C20H20BrClFN3O3/c21-17-9-15(11-24-25-19(27)12-26-4-6-28-7-5-26)10-18(22)20(17)29-13-14-2-1-3-16(23)8-14/h1-3,8-11H,4-7,12-13H2,(H,25,27)/b24-11+. The summed E-state index contributed by atoms with van der Waals surface area (Å²) >= 11 is 9.73. The second-order valence-corrected chi connectivity index (χ2v) is 7.68. The Bertz CT molecular complexity index is 868. The average molecular weight is 485 g/mol. The third-order valence-electron chi connectivity index (χ3n) is 4.17. The molecule has 6 nitrogen and oxygen atoms in total. The fourth-order valence-corrected chi connectivity index (χ4v) is 3.74. The van der Waals surface area contributed by atoms with Crippen LogP contribution >= 0.6 is 27.5 Å². The summed E-state index contributed by atoms with van der Waals surface area (Å²) in [5, 5.41) is 4.35. The molecular weight excluding hydrogens is 465 g/mol. The monoisotopic (exact) mass is 483 g/mol. The van der Waals surface area contributed by atoms with Gasteiger partial charge < -0.3 is 9.47 Å². The van der Waals surface area contributed by atoms with Crippen molar-refractivity contribution in [3.8, 4) is 5.75 Å². The molecule has 0 unspecified atom stereocenters. The summed E-state index contributed by atoms with van der Waals surface area (Å²) in [6.07, 6.45) is 1.50. The SMILES string of the molecule is O=C(CN1CCOCC1)N/N=C/c1cc(Cl)c(OCc2cccc(F)c2)c(Br)c1. The van der Waals surface area contributed by atoms with Gasteiger partial charge in [-0.25, -0.2) is 9.82 Å². The van der Waals surface area contributed by atoms with Crippen LogP contribution in [0.1, 0.15) is 11.1 Å². The van der Waals surface area contributed by atoms with Crippen LogP contribution in [0.5, 0.6) is 5.75 Å². The number of halogens is 3. The lowest BCUT2D eigenvalue weighted by Crippen LogP contribution is -2.42. The maximum absolute atomic E-state index is 13.3. The van der Waals surface area contributed by atoms with Crippen molar-refractivity contribution in [1.29, 1.82) is 0 Å². The van der Waals surface area contributed by atoms with Crippen LogP contribution in [0.3, 0.4) is 0 Å². The number of carbonyl (C=O) groups excluding carboxylic acids is 1. The lowest BCUT2D eigenvalue weighted by molar-refractivity contribution is -0.123. The zero-order valence-electron chi connectivity index (χ0n) is 15.5. The van der Waals surface area contributed by atoms with E-state index in [0.29, 0.717) is 39.6 Å². The highest BCUT2D eigenvalue weighted by atomic mass is 79.9. The number of amides is 1. The summed E-state index contributed by atoms with van der Waals surface area (Å²) in [6.45, 7) is 3.19. The summed E-state index contributed by atoms with van der Waals surface area (Å²) in [5.41, 5.74) is 3.89. The molecule has 0 aromatic heterocycles. The summed E-state index contributed by atoms with van der Waals surface area (Å²) in [4.78, 5) is 14.0. The molecule has 1 N–H and O–H groups in total. The number of morpholine rings is 1. The van der Waals surface area contributed by atoms with Gasteiger partial charge in [0.2, 0.25) is 0 Å². The molecule has 1 heterocycles. The summed E-state index contributed by atoms with van der Waals surface area (Å²) in [7, 11) is 0. The van der Waals surface area contributed by atoms with E-state index in [2.05, 4.69) is 26.5 Å². The van der Waals surface area contributed by atoms with Crippen molar-refractivity contribution in [3.63, 3.8) is 0 Å². The van der Waals surface area contributed by atoms with Gasteiger partial charge in [-0.15, -0.1) is 0 Å². The van der Waals surface area contributed by atoms with E-state index >= 15 is 0 Å². The van der Waals surface area contributed by atoms with Gasteiger partial charge in [0.25, 0.3) is 5.91 Å². The molecular formula is C20H20BrClFN3O3. The first kappa shape index (κ1) is 21.7. The van der Waals surface area contributed by atoms with Crippen molar-refractivity contribution in [3.05, 3.63) is 62.8 Å². The number of hydrazone groups is 1. The Morgan fingerprint density at radius 2 is 2.14 bits per heavy atom. The average Bonchev–Trinajstić information content (AvgIpc) is 2.68. The number of carbonyl (C=O) groups is 1. The van der Waals surface area contributed by atoms with Gasteiger partial charge in [0.1, 0.15) is 12.4 Å². The van der Waals surface area contributed by atoms with Gasteiger partial charge >= 0.3 is 0 Å². The highest BCUT2D eigenvalue weighted by Gasteiger charge is 2.13. The number of nitrogens with zero attached hydrogens (tertiary/aromatic N) is 2. The lowest BCUT2D eigenvalue weighted by Gasteiger charge is -2.25. The Kier molecular flexibility index (Phi) is 8.00. The maximum atomic E-state index is 13.3. The molecule has 3 rings (SSSR count). The Labute approximate surface area is 181 Å². The van der Waals surface area contributed by atoms with Gasteiger partial charge in [-0.2, -0.15) is 5.10 Å². The summed E-state index contributed by atoms with van der Waals surface area (Å²) < 4.78 is 24.9.